The summed E-state index contributed by atoms with van der Waals surface area (Å²) < 4.78 is 31.5. The van der Waals surface area contributed by atoms with Gasteiger partial charge in [0.25, 0.3) is 0 Å². The van der Waals surface area contributed by atoms with Crippen LogP contribution in [0.3, 0.4) is 0 Å². The molecule has 1 aromatic heterocycles. The number of halogens is 1. The number of methoxy groups -OCH3 is 2. The van der Waals surface area contributed by atoms with Gasteiger partial charge in [-0.2, -0.15) is 10.2 Å². The third-order valence-corrected chi connectivity index (χ3v) is 6.60. The predicted molar refractivity (Wildman–Crippen MR) is 157 cm³/mol. The minimum Gasteiger partial charge on any atom is -0.497 e. The molecule has 0 spiro atoms. The number of nitrogens with zero attached hydrogens (tertiary/aromatic N) is 4. The molecule has 1 heterocycles. The van der Waals surface area contributed by atoms with Crippen molar-refractivity contribution in [1.29, 1.82) is 5.26 Å². The van der Waals surface area contributed by atoms with Crippen molar-refractivity contribution in [2.75, 3.05) is 31.5 Å². The summed E-state index contributed by atoms with van der Waals surface area (Å²) in [5.74, 6) is 0.505. The number of hydrogen-bond donors (Lipinski definition) is 1. The van der Waals surface area contributed by atoms with Gasteiger partial charge in [-0.05, 0) is 59.5 Å². The number of aromatic nitrogens is 1. The van der Waals surface area contributed by atoms with Gasteiger partial charge < -0.3 is 24.4 Å². The molecule has 11 heteroatoms. The predicted octanol–water partition coefficient (Wildman–Crippen LogP) is 6.62. The Morgan fingerprint density at radius 1 is 1.00 bits per heavy atom. The van der Waals surface area contributed by atoms with Gasteiger partial charge in [-0.25, -0.2) is 4.39 Å². The van der Waals surface area contributed by atoms with Crippen LogP contribution in [-0.4, -0.2) is 31.2 Å². The number of rotatable bonds is 12. The Bertz CT molecular complexity index is 1560. The Labute approximate surface area is 243 Å². The van der Waals surface area contributed by atoms with Gasteiger partial charge in [-0.15, -0.1) is 0 Å². The van der Waals surface area contributed by atoms with E-state index in [2.05, 4.69) is 10.3 Å². The number of anilines is 2. The molecule has 10 nitrogen and oxygen atoms in total. The second kappa shape index (κ2) is 13.3. The number of ether oxygens (including phenoxy) is 3. The minimum atomic E-state index is -0.730. The first-order valence-corrected chi connectivity index (χ1v) is 13.1. The molecular weight excluding hydrogens is 541 g/mol. The molecule has 0 aliphatic rings. The van der Waals surface area contributed by atoms with Crippen LogP contribution in [0, 0.1) is 27.3 Å². The molecule has 0 saturated carbocycles. The molecule has 0 bridgehead atoms. The molecule has 0 atom stereocenters. The van der Waals surface area contributed by atoms with E-state index in [-0.39, 0.29) is 47.5 Å². The van der Waals surface area contributed by atoms with Gasteiger partial charge in [-0.3, -0.25) is 10.1 Å². The molecule has 0 aliphatic carbocycles. The van der Waals surface area contributed by atoms with Crippen LogP contribution in [0.4, 0.5) is 21.6 Å². The van der Waals surface area contributed by atoms with Crippen LogP contribution in [-0.2, 0) is 19.5 Å². The maximum absolute atomic E-state index is 15.1. The summed E-state index contributed by atoms with van der Waals surface area (Å²) in [7, 11) is 4.69. The lowest BCUT2D eigenvalue weighted by Crippen LogP contribution is -2.24. The van der Waals surface area contributed by atoms with Gasteiger partial charge in [0, 0.05) is 26.2 Å². The molecule has 1 N–H and O–H groups in total. The van der Waals surface area contributed by atoms with Crippen molar-refractivity contribution in [3.8, 4) is 29.2 Å². The highest BCUT2D eigenvalue weighted by atomic mass is 19.1. The highest BCUT2D eigenvalue weighted by molar-refractivity contribution is 5.75. The summed E-state index contributed by atoms with van der Waals surface area (Å²) in [5.41, 5.74) is 2.21. The van der Waals surface area contributed by atoms with Crippen LogP contribution in [0.5, 0.6) is 23.1 Å². The molecule has 42 heavy (non-hydrogen) atoms. The lowest BCUT2D eigenvalue weighted by Gasteiger charge is -2.25. The van der Waals surface area contributed by atoms with Crippen molar-refractivity contribution in [3.63, 3.8) is 0 Å². The zero-order chi connectivity index (χ0) is 30.2. The van der Waals surface area contributed by atoms with E-state index in [0.717, 1.165) is 17.2 Å². The number of benzene rings is 3. The second-order valence-electron chi connectivity index (χ2n) is 9.25. The molecule has 3 aromatic carbocycles. The summed E-state index contributed by atoms with van der Waals surface area (Å²) in [6.45, 7) is 2.31. The van der Waals surface area contributed by atoms with E-state index in [1.54, 1.807) is 56.5 Å². The van der Waals surface area contributed by atoms with Crippen molar-refractivity contribution in [3.05, 3.63) is 105 Å². The van der Waals surface area contributed by atoms with Crippen LogP contribution >= 0.6 is 0 Å². The fourth-order valence-electron chi connectivity index (χ4n) is 4.45. The Kier molecular flexibility index (Phi) is 9.39. The SMILES string of the molecule is CCc1cc(C#N)cc(F)c1Oc1cc(NC)c([N+](=O)[O-])c(N(Cc2ccc(OC)cc2)Cc2ccc(OC)cc2)n1. The van der Waals surface area contributed by atoms with E-state index >= 15 is 4.39 Å². The fourth-order valence-corrected chi connectivity index (χ4v) is 4.45. The van der Waals surface area contributed by atoms with Crippen molar-refractivity contribution < 1.29 is 23.5 Å². The lowest BCUT2D eigenvalue weighted by atomic mass is 10.1. The van der Waals surface area contributed by atoms with Gasteiger partial charge in [0.15, 0.2) is 11.6 Å². The van der Waals surface area contributed by atoms with Crippen LogP contribution < -0.4 is 24.4 Å². The van der Waals surface area contributed by atoms with Crippen molar-refractivity contribution >= 4 is 17.2 Å². The van der Waals surface area contributed by atoms with Crippen LogP contribution in [0.2, 0.25) is 0 Å². The molecule has 0 aliphatic heterocycles. The smallest absolute Gasteiger partial charge is 0.334 e. The Morgan fingerprint density at radius 3 is 2.02 bits per heavy atom. The third-order valence-electron chi connectivity index (χ3n) is 6.60. The summed E-state index contributed by atoms with van der Waals surface area (Å²) in [6, 6.07) is 20.6. The second-order valence-corrected chi connectivity index (χ2v) is 9.25. The van der Waals surface area contributed by atoms with E-state index < -0.39 is 10.7 Å². The highest BCUT2D eigenvalue weighted by Gasteiger charge is 2.29. The largest absolute Gasteiger partial charge is 0.497 e. The average Bonchev–Trinajstić information content (AvgIpc) is 3.01. The quantitative estimate of drug-likeness (QED) is 0.148. The summed E-state index contributed by atoms with van der Waals surface area (Å²) in [6.07, 6.45) is 0.390. The molecule has 0 saturated heterocycles. The van der Waals surface area contributed by atoms with Crippen LogP contribution in [0.25, 0.3) is 0 Å². The monoisotopic (exact) mass is 571 g/mol. The number of aryl methyl sites for hydroxylation is 1. The van der Waals surface area contributed by atoms with Crippen molar-refractivity contribution in [2.45, 2.75) is 26.4 Å². The first-order valence-electron chi connectivity index (χ1n) is 13.1. The van der Waals surface area contributed by atoms with Crippen molar-refractivity contribution in [1.82, 2.24) is 4.98 Å². The maximum atomic E-state index is 15.1. The maximum Gasteiger partial charge on any atom is 0.334 e. The lowest BCUT2D eigenvalue weighted by molar-refractivity contribution is -0.383. The molecule has 0 fully saturated rings. The van der Waals surface area contributed by atoms with Gasteiger partial charge in [0.05, 0.1) is 30.8 Å². The van der Waals surface area contributed by atoms with E-state index in [4.69, 9.17) is 14.2 Å². The van der Waals surface area contributed by atoms with Crippen molar-refractivity contribution in [2.24, 2.45) is 0 Å². The molecule has 216 valence electrons. The number of hydrogen-bond acceptors (Lipinski definition) is 9. The Morgan fingerprint density at radius 2 is 1.57 bits per heavy atom. The normalized spacial score (nSPS) is 10.5. The molecular formula is C31H30FN5O5. The molecule has 0 radical (unpaired) electrons. The number of nitriles is 1. The van der Waals surface area contributed by atoms with Crippen LogP contribution in [0.1, 0.15) is 29.2 Å². The van der Waals surface area contributed by atoms with E-state index in [1.807, 2.05) is 37.3 Å². The topological polar surface area (TPSA) is 123 Å². The van der Waals surface area contributed by atoms with Gasteiger partial charge >= 0.3 is 5.69 Å². The number of nitrogens with one attached hydrogen (secondary N) is 1. The third kappa shape index (κ3) is 6.67. The zero-order valence-corrected chi connectivity index (χ0v) is 23.7. The summed E-state index contributed by atoms with van der Waals surface area (Å²) in [5, 5.41) is 24.5. The first kappa shape index (κ1) is 29.6. The Hall–Kier alpha value is -5.37. The zero-order valence-electron chi connectivity index (χ0n) is 23.7. The van der Waals surface area contributed by atoms with Gasteiger partial charge in [0.1, 0.15) is 17.2 Å². The average molecular weight is 572 g/mol. The van der Waals surface area contributed by atoms with Gasteiger partial charge in [0.2, 0.25) is 11.7 Å². The van der Waals surface area contributed by atoms with E-state index in [1.165, 1.54) is 6.07 Å². The first-order chi connectivity index (χ1) is 20.3. The standard InChI is InChI=1S/C31H30FN5O5/c1-5-23-14-22(17-33)15-26(32)30(23)42-28-16-27(34-2)29(37(38)39)31(35-28)36(18-20-6-10-24(40-3)11-7-20)19-21-8-12-25(41-4)13-9-21/h6-16H,5,18-19H2,1-4H3,(H,34,35). The molecule has 4 rings (SSSR count). The molecule has 4 aromatic rings. The minimum absolute atomic E-state index is 0.0283. The summed E-state index contributed by atoms with van der Waals surface area (Å²) in [4.78, 5) is 18.2. The van der Waals surface area contributed by atoms with E-state index in [0.29, 0.717) is 23.5 Å². The summed E-state index contributed by atoms with van der Waals surface area (Å²) >= 11 is 0. The number of pyridine rings is 1. The highest BCUT2D eigenvalue weighted by Crippen LogP contribution is 2.40. The van der Waals surface area contributed by atoms with E-state index in [9.17, 15) is 15.4 Å². The Balaban J connectivity index is 1.85. The fraction of sp³-hybridized carbons (Fsp3) is 0.226. The number of nitro groups is 1. The van der Waals surface area contributed by atoms with Crippen LogP contribution in [0.15, 0.2) is 66.7 Å². The molecule has 0 unspecified atom stereocenters. The molecule has 0 amide bonds. The van der Waals surface area contributed by atoms with Gasteiger partial charge in [-0.1, -0.05) is 31.2 Å².